The van der Waals surface area contributed by atoms with E-state index in [2.05, 4.69) is 36.1 Å². The molecule has 0 bridgehead atoms. The van der Waals surface area contributed by atoms with Crippen molar-refractivity contribution in [3.05, 3.63) is 42.5 Å². The zero-order valence-corrected chi connectivity index (χ0v) is 28.7. The number of nitrogens with one attached hydrogen (secondary N) is 4. The van der Waals surface area contributed by atoms with Crippen molar-refractivity contribution < 1.29 is 23.5 Å². The van der Waals surface area contributed by atoms with E-state index < -0.39 is 23.5 Å². The summed E-state index contributed by atoms with van der Waals surface area (Å²) in [5, 5.41) is 12.6. The highest BCUT2D eigenvalue weighted by atomic mass is 19.1. The SMILES string of the molecule is CN[C@@H](C)C(=O)N[C@H](C(=O)N1CCCC1C(=O)Nc1cc2c(Nc3ccc(N4CCCCC4)c(F)c3)ncnc2cc1OC)C(C)(C)C. The standard InChI is InChI=1S/C35H47FN8O4/c1-21(37-5)32(45)42-30(35(2,3)4)34(47)44-16-10-11-28(44)33(46)41-26-18-23-25(19-29(26)48-6)38-20-39-31(23)40-22-12-13-27(24(36)17-22)43-14-8-7-9-15-43/h12-13,17-21,28,30,37H,7-11,14-16H2,1-6H3,(H,41,46)(H,42,45)(H,38,39,40)/t21-,28?,30+/m0/s1. The van der Waals surface area contributed by atoms with Gasteiger partial charge in [-0.15, -0.1) is 0 Å². The molecule has 0 aliphatic carbocycles. The second-order valence-electron chi connectivity index (χ2n) is 13.6. The Balaban J connectivity index is 1.37. The molecule has 3 heterocycles. The smallest absolute Gasteiger partial charge is 0.247 e. The van der Waals surface area contributed by atoms with Crippen molar-refractivity contribution in [3.63, 3.8) is 0 Å². The monoisotopic (exact) mass is 662 g/mol. The summed E-state index contributed by atoms with van der Waals surface area (Å²) in [5.74, 6) is -0.465. The van der Waals surface area contributed by atoms with Gasteiger partial charge in [0.15, 0.2) is 0 Å². The highest BCUT2D eigenvalue weighted by Gasteiger charge is 2.42. The molecule has 0 saturated carbocycles. The predicted octanol–water partition coefficient (Wildman–Crippen LogP) is 4.58. The number of rotatable bonds is 10. The van der Waals surface area contributed by atoms with E-state index >= 15 is 4.39 Å². The van der Waals surface area contributed by atoms with Crippen LogP contribution in [0.15, 0.2) is 36.7 Å². The van der Waals surface area contributed by atoms with Gasteiger partial charge in [-0.1, -0.05) is 20.8 Å². The summed E-state index contributed by atoms with van der Waals surface area (Å²) in [5.41, 5.74) is 1.46. The van der Waals surface area contributed by atoms with E-state index in [9.17, 15) is 14.4 Å². The predicted molar refractivity (Wildman–Crippen MR) is 185 cm³/mol. The van der Waals surface area contributed by atoms with Gasteiger partial charge in [0.25, 0.3) is 0 Å². The van der Waals surface area contributed by atoms with E-state index in [0.29, 0.717) is 58.9 Å². The lowest BCUT2D eigenvalue weighted by Gasteiger charge is -2.36. The highest BCUT2D eigenvalue weighted by Crippen LogP contribution is 2.35. The van der Waals surface area contributed by atoms with Crippen LogP contribution in [0.3, 0.4) is 0 Å². The van der Waals surface area contributed by atoms with Crippen LogP contribution in [0.2, 0.25) is 0 Å². The Kier molecular flexibility index (Phi) is 10.7. The lowest BCUT2D eigenvalue weighted by Crippen LogP contribution is -2.59. The first-order valence-electron chi connectivity index (χ1n) is 16.6. The number of nitrogens with zero attached hydrogens (tertiary/aromatic N) is 4. The number of halogens is 1. The summed E-state index contributed by atoms with van der Waals surface area (Å²) in [4.78, 5) is 52.9. The number of likely N-dealkylation sites (tertiary alicyclic amines) is 1. The van der Waals surface area contributed by atoms with Gasteiger partial charge in [-0.2, -0.15) is 0 Å². The molecule has 0 radical (unpaired) electrons. The van der Waals surface area contributed by atoms with E-state index in [4.69, 9.17) is 4.74 Å². The molecule has 2 aliphatic rings. The number of amides is 3. The minimum atomic E-state index is -0.825. The first kappa shape index (κ1) is 34.8. The van der Waals surface area contributed by atoms with Crippen LogP contribution in [0, 0.1) is 11.2 Å². The summed E-state index contributed by atoms with van der Waals surface area (Å²) < 4.78 is 20.8. The molecule has 4 N–H and O–H groups in total. The average Bonchev–Trinajstić information content (AvgIpc) is 3.57. The molecule has 2 saturated heterocycles. The van der Waals surface area contributed by atoms with Crippen molar-refractivity contribution in [3.8, 4) is 5.75 Å². The molecule has 2 aliphatic heterocycles. The van der Waals surface area contributed by atoms with Crippen molar-refractivity contribution >= 4 is 51.5 Å². The average molecular weight is 663 g/mol. The van der Waals surface area contributed by atoms with Gasteiger partial charge in [-0.05, 0) is 75.8 Å². The van der Waals surface area contributed by atoms with Gasteiger partial charge in [-0.3, -0.25) is 14.4 Å². The van der Waals surface area contributed by atoms with Crippen LogP contribution in [0.5, 0.6) is 5.75 Å². The second-order valence-corrected chi connectivity index (χ2v) is 13.6. The van der Waals surface area contributed by atoms with Crippen LogP contribution in [-0.4, -0.2) is 84.5 Å². The van der Waals surface area contributed by atoms with Crippen molar-refractivity contribution in [2.24, 2.45) is 5.41 Å². The third kappa shape index (κ3) is 7.61. The molecule has 3 aromatic rings. The number of benzene rings is 2. The number of ether oxygens (including phenoxy) is 1. The minimum Gasteiger partial charge on any atom is -0.494 e. The number of fused-ring (bicyclic) bond motifs is 1. The molecule has 258 valence electrons. The maximum atomic E-state index is 15.2. The van der Waals surface area contributed by atoms with E-state index in [1.165, 1.54) is 19.5 Å². The Morgan fingerprint density at radius 2 is 1.77 bits per heavy atom. The number of carbonyl (C=O) groups excluding carboxylic acids is 3. The van der Waals surface area contributed by atoms with E-state index in [1.807, 2.05) is 26.8 Å². The van der Waals surface area contributed by atoms with Crippen LogP contribution in [-0.2, 0) is 14.4 Å². The number of anilines is 4. The third-order valence-electron chi connectivity index (χ3n) is 9.19. The molecule has 48 heavy (non-hydrogen) atoms. The fourth-order valence-corrected chi connectivity index (χ4v) is 6.29. The van der Waals surface area contributed by atoms with Gasteiger partial charge < -0.3 is 35.8 Å². The van der Waals surface area contributed by atoms with Gasteiger partial charge in [0.2, 0.25) is 17.7 Å². The maximum absolute atomic E-state index is 15.2. The summed E-state index contributed by atoms with van der Waals surface area (Å²) in [7, 11) is 3.18. The molecule has 12 nitrogen and oxygen atoms in total. The van der Waals surface area contributed by atoms with Crippen LogP contribution >= 0.6 is 0 Å². The van der Waals surface area contributed by atoms with Crippen molar-refractivity contribution in [2.45, 2.75) is 77.9 Å². The topological polar surface area (TPSA) is 141 Å². The first-order valence-corrected chi connectivity index (χ1v) is 16.6. The Bertz CT molecular complexity index is 1660. The van der Waals surface area contributed by atoms with Crippen LogP contribution in [0.25, 0.3) is 10.9 Å². The Labute approximate surface area is 281 Å². The molecule has 3 amide bonds. The third-order valence-corrected chi connectivity index (χ3v) is 9.19. The van der Waals surface area contributed by atoms with Gasteiger partial charge in [0.1, 0.15) is 35.8 Å². The highest BCUT2D eigenvalue weighted by molar-refractivity contribution is 6.03. The van der Waals surface area contributed by atoms with Crippen molar-refractivity contribution in [2.75, 3.05) is 49.3 Å². The zero-order chi connectivity index (χ0) is 34.6. The summed E-state index contributed by atoms with van der Waals surface area (Å²) >= 11 is 0. The lowest BCUT2D eigenvalue weighted by molar-refractivity contribution is -0.143. The molecule has 13 heteroatoms. The zero-order valence-electron chi connectivity index (χ0n) is 28.7. The lowest BCUT2D eigenvalue weighted by atomic mass is 9.85. The summed E-state index contributed by atoms with van der Waals surface area (Å²) in [6.45, 7) is 9.45. The van der Waals surface area contributed by atoms with Gasteiger partial charge in [0, 0.05) is 36.8 Å². The quantitative estimate of drug-likeness (QED) is 0.246. The molecule has 1 unspecified atom stereocenters. The summed E-state index contributed by atoms with van der Waals surface area (Å²) in [6.07, 6.45) is 5.79. The normalized spacial score (nSPS) is 17.9. The number of hydrogen-bond acceptors (Lipinski definition) is 9. The Morgan fingerprint density at radius 1 is 1.02 bits per heavy atom. The fraction of sp³-hybridized carbons (Fsp3) is 0.514. The number of aromatic nitrogens is 2. The number of piperidine rings is 1. The summed E-state index contributed by atoms with van der Waals surface area (Å²) in [6, 6.07) is 6.43. The number of likely N-dealkylation sites (N-methyl/N-ethyl adjacent to an activating group) is 1. The fourth-order valence-electron chi connectivity index (χ4n) is 6.29. The number of carbonyl (C=O) groups is 3. The van der Waals surface area contributed by atoms with Gasteiger partial charge in [-0.25, -0.2) is 14.4 Å². The molecule has 1 aromatic heterocycles. The Morgan fingerprint density at radius 3 is 2.44 bits per heavy atom. The molecule has 5 rings (SSSR count). The molecule has 2 aromatic carbocycles. The van der Waals surface area contributed by atoms with Crippen LogP contribution in [0.1, 0.15) is 59.8 Å². The molecule has 0 spiro atoms. The minimum absolute atomic E-state index is 0.292. The van der Waals surface area contributed by atoms with Crippen molar-refractivity contribution in [1.29, 1.82) is 0 Å². The molecular weight excluding hydrogens is 615 g/mol. The van der Waals surface area contributed by atoms with Crippen LogP contribution < -0.4 is 30.9 Å². The van der Waals surface area contributed by atoms with E-state index in [1.54, 1.807) is 37.1 Å². The number of hydrogen-bond donors (Lipinski definition) is 4. The Hall–Kier alpha value is -4.52. The molecule has 2 fully saturated rings. The maximum Gasteiger partial charge on any atom is 0.247 e. The first-order chi connectivity index (χ1) is 22.9. The van der Waals surface area contributed by atoms with Gasteiger partial charge in [0.05, 0.1) is 30.0 Å². The van der Waals surface area contributed by atoms with E-state index in [-0.39, 0.29) is 23.5 Å². The van der Waals surface area contributed by atoms with Gasteiger partial charge >= 0.3 is 0 Å². The van der Waals surface area contributed by atoms with Crippen molar-refractivity contribution in [1.82, 2.24) is 25.5 Å². The largest absolute Gasteiger partial charge is 0.494 e. The molecular formula is C35H47FN8O4. The number of methoxy groups -OCH3 is 1. The van der Waals surface area contributed by atoms with Crippen LogP contribution in [0.4, 0.5) is 27.3 Å². The molecule has 3 atom stereocenters. The van der Waals surface area contributed by atoms with E-state index in [0.717, 1.165) is 32.4 Å². The second kappa shape index (κ2) is 14.7.